The predicted molar refractivity (Wildman–Crippen MR) is 56.7 cm³/mol. The minimum Gasteiger partial charge on any atom is -0.211 e. The van der Waals surface area contributed by atoms with Crippen molar-refractivity contribution in [3.05, 3.63) is 30.3 Å². The van der Waals surface area contributed by atoms with E-state index in [0.29, 0.717) is 22.5 Å². The molecule has 0 bridgehead atoms. The monoisotopic (exact) mass is 200 g/mol. The van der Waals surface area contributed by atoms with E-state index in [0.717, 1.165) is 0 Å². The molecule has 0 aromatic heterocycles. The highest BCUT2D eigenvalue weighted by molar-refractivity contribution is 5.82. The molecule has 0 aliphatic heterocycles. The van der Waals surface area contributed by atoms with Crippen LogP contribution >= 0.6 is 0 Å². The maximum atomic E-state index is 10.2. The molecule has 0 N–H and O–H groups in total. The largest absolute Gasteiger partial charge is 0.240 e. The Hall–Kier alpha value is -2.28. The van der Waals surface area contributed by atoms with Crippen LogP contribution in [0.3, 0.4) is 0 Å². The number of rotatable bonds is 3. The number of hydrogen-bond acceptors (Lipinski definition) is 4. The van der Waals surface area contributed by atoms with Gasteiger partial charge in [0.1, 0.15) is 0 Å². The van der Waals surface area contributed by atoms with Crippen LogP contribution in [0, 0.1) is 0 Å². The van der Waals surface area contributed by atoms with E-state index in [1.165, 1.54) is 12.2 Å². The molecular formula is C11H8N2O2. The number of benzene rings is 1. The third kappa shape index (κ3) is 2.35. The summed E-state index contributed by atoms with van der Waals surface area (Å²) < 4.78 is 0. The summed E-state index contributed by atoms with van der Waals surface area (Å²) in [4.78, 5) is 27.4. The molecule has 1 rings (SSSR count). The van der Waals surface area contributed by atoms with Crippen molar-refractivity contribution in [1.29, 1.82) is 0 Å². The van der Waals surface area contributed by atoms with Crippen molar-refractivity contribution < 1.29 is 9.59 Å². The van der Waals surface area contributed by atoms with Gasteiger partial charge in [0.05, 0.1) is 11.4 Å². The highest BCUT2D eigenvalue weighted by Crippen LogP contribution is 2.33. The van der Waals surface area contributed by atoms with Gasteiger partial charge in [0.25, 0.3) is 0 Å². The Kier molecular flexibility index (Phi) is 3.47. The molecule has 0 amide bonds. The molecule has 0 heterocycles. The van der Waals surface area contributed by atoms with Gasteiger partial charge in [-0.25, -0.2) is 9.59 Å². The minimum absolute atomic E-state index is 0.397. The number of hydrogen-bond donors (Lipinski definition) is 0. The van der Waals surface area contributed by atoms with E-state index in [1.807, 2.05) is 0 Å². The van der Waals surface area contributed by atoms with Crippen molar-refractivity contribution in [2.75, 3.05) is 0 Å². The fraction of sp³-hybridized carbons (Fsp3) is 0.0909. The molecule has 4 nitrogen and oxygen atoms in total. The zero-order chi connectivity index (χ0) is 11.3. The lowest BCUT2D eigenvalue weighted by molar-refractivity contribution is 0.565. The quantitative estimate of drug-likeness (QED) is 0.556. The Morgan fingerprint density at radius 1 is 1.20 bits per heavy atom. The molecule has 0 aliphatic carbocycles. The Bertz CT molecular complexity index is 457. The van der Waals surface area contributed by atoms with Crippen LogP contribution in [-0.2, 0) is 9.59 Å². The molecule has 0 atom stereocenters. The molecule has 0 aliphatic rings. The van der Waals surface area contributed by atoms with Crippen molar-refractivity contribution in [2.45, 2.75) is 6.92 Å². The SMILES string of the molecule is C=C(C)c1c(N=C=O)cccc1N=C=O. The molecule has 0 spiro atoms. The number of aliphatic imine (C=N–C) groups is 2. The van der Waals surface area contributed by atoms with E-state index in [9.17, 15) is 9.59 Å². The van der Waals surface area contributed by atoms with Crippen molar-refractivity contribution >= 4 is 29.1 Å². The van der Waals surface area contributed by atoms with Crippen LogP contribution in [0.4, 0.5) is 11.4 Å². The zero-order valence-electron chi connectivity index (χ0n) is 8.15. The summed E-state index contributed by atoms with van der Waals surface area (Å²) in [5.41, 5.74) is 2.02. The number of nitrogens with zero attached hydrogens (tertiary/aromatic N) is 2. The highest BCUT2D eigenvalue weighted by Gasteiger charge is 2.07. The molecule has 1 aromatic carbocycles. The lowest BCUT2D eigenvalue weighted by Crippen LogP contribution is -1.81. The van der Waals surface area contributed by atoms with Crippen molar-refractivity contribution in [2.24, 2.45) is 9.98 Å². The average Bonchev–Trinajstić information content (AvgIpc) is 2.18. The van der Waals surface area contributed by atoms with Crippen LogP contribution in [0.2, 0.25) is 0 Å². The van der Waals surface area contributed by atoms with Gasteiger partial charge in [-0.05, 0) is 24.6 Å². The van der Waals surface area contributed by atoms with Crippen LogP contribution in [0.15, 0.2) is 34.8 Å². The van der Waals surface area contributed by atoms with Gasteiger partial charge in [0.2, 0.25) is 12.2 Å². The summed E-state index contributed by atoms with van der Waals surface area (Å²) in [6.07, 6.45) is 2.88. The van der Waals surface area contributed by atoms with Crippen LogP contribution in [0.25, 0.3) is 5.57 Å². The zero-order valence-corrected chi connectivity index (χ0v) is 8.15. The number of allylic oxidation sites excluding steroid dienone is 1. The van der Waals surface area contributed by atoms with Gasteiger partial charge in [-0.2, -0.15) is 9.98 Å². The lowest BCUT2D eigenvalue weighted by atomic mass is 10.0. The van der Waals surface area contributed by atoms with Gasteiger partial charge >= 0.3 is 0 Å². The van der Waals surface area contributed by atoms with Gasteiger partial charge < -0.3 is 0 Å². The van der Waals surface area contributed by atoms with Crippen molar-refractivity contribution in [3.63, 3.8) is 0 Å². The van der Waals surface area contributed by atoms with E-state index >= 15 is 0 Å². The normalized spacial score (nSPS) is 8.60. The number of isocyanates is 2. The first-order chi connectivity index (χ1) is 7.20. The first-order valence-electron chi connectivity index (χ1n) is 4.15. The first kappa shape index (κ1) is 10.8. The molecule has 1 aromatic rings. The molecule has 0 unspecified atom stereocenters. The Morgan fingerprint density at radius 3 is 2.00 bits per heavy atom. The Balaban J connectivity index is 3.54. The summed E-state index contributed by atoms with van der Waals surface area (Å²) >= 11 is 0. The summed E-state index contributed by atoms with van der Waals surface area (Å²) in [5.74, 6) is 0. The smallest absolute Gasteiger partial charge is 0.211 e. The van der Waals surface area contributed by atoms with Gasteiger partial charge in [-0.15, -0.1) is 0 Å². The molecule has 4 heteroatoms. The molecule has 74 valence electrons. The Morgan fingerprint density at radius 2 is 1.67 bits per heavy atom. The summed E-state index contributed by atoms with van der Waals surface area (Å²) in [5, 5.41) is 0. The maximum Gasteiger partial charge on any atom is 0.240 e. The molecule has 15 heavy (non-hydrogen) atoms. The van der Waals surface area contributed by atoms with E-state index in [2.05, 4.69) is 16.6 Å². The summed E-state index contributed by atoms with van der Waals surface area (Å²) in [6.45, 7) is 5.47. The maximum absolute atomic E-state index is 10.2. The second-order valence-corrected chi connectivity index (χ2v) is 2.86. The van der Waals surface area contributed by atoms with Crippen LogP contribution < -0.4 is 0 Å². The summed E-state index contributed by atoms with van der Waals surface area (Å²) in [7, 11) is 0. The first-order valence-corrected chi connectivity index (χ1v) is 4.15. The topological polar surface area (TPSA) is 58.9 Å². The van der Waals surface area contributed by atoms with Gasteiger partial charge in [-0.3, -0.25) is 0 Å². The second kappa shape index (κ2) is 4.82. The fourth-order valence-corrected chi connectivity index (χ4v) is 1.25. The van der Waals surface area contributed by atoms with Gasteiger partial charge in [-0.1, -0.05) is 12.6 Å². The molecule has 0 fully saturated rings. The fourth-order valence-electron chi connectivity index (χ4n) is 1.25. The van der Waals surface area contributed by atoms with Crippen LogP contribution in [-0.4, -0.2) is 12.2 Å². The number of carbonyl (C=O) groups excluding carboxylic acids is 2. The van der Waals surface area contributed by atoms with Crippen LogP contribution in [0.5, 0.6) is 0 Å². The van der Waals surface area contributed by atoms with E-state index in [1.54, 1.807) is 25.1 Å². The summed E-state index contributed by atoms with van der Waals surface area (Å²) in [6, 6.07) is 4.89. The van der Waals surface area contributed by atoms with E-state index < -0.39 is 0 Å². The van der Waals surface area contributed by atoms with Gasteiger partial charge in [0.15, 0.2) is 0 Å². The average molecular weight is 200 g/mol. The van der Waals surface area contributed by atoms with Crippen molar-refractivity contribution in [1.82, 2.24) is 0 Å². The highest BCUT2D eigenvalue weighted by atomic mass is 16.1. The predicted octanol–water partition coefficient (Wildman–Crippen LogP) is 2.65. The molecule has 0 radical (unpaired) electrons. The molecule has 0 saturated carbocycles. The van der Waals surface area contributed by atoms with E-state index in [-0.39, 0.29) is 0 Å². The van der Waals surface area contributed by atoms with Crippen LogP contribution in [0.1, 0.15) is 12.5 Å². The van der Waals surface area contributed by atoms with E-state index in [4.69, 9.17) is 0 Å². The standard InChI is InChI=1S/C11H8N2O2/c1-8(2)11-9(12-6-14)4-3-5-10(11)13-7-15/h3-5H,1H2,2H3. The van der Waals surface area contributed by atoms with Crippen molar-refractivity contribution in [3.8, 4) is 0 Å². The third-order valence-corrected chi connectivity index (χ3v) is 1.78. The molecular weight excluding hydrogens is 192 g/mol. The Labute approximate surface area is 86.7 Å². The van der Waals surface area contributed by atoms with Gasteiger partial charge in [0, 0.05) is 5.56 Å². The molecule has 0 saturated heterocycles. The second-order valence-electron chi connectivity index (χ2n) is 2.86. The minimum atomic E-state index is 0.397. The third-order valence-electron chi connectivity index (χ3n) is 1.78. The lowest BCUT2D eigenvalue weighted by Gasteiger charge is -2.05.